The molecule has 0 atom stereocenters. The molecule has 1 aromatic rings. The fraction of sp³-hybridized carbons (Fsp3) is 0.455. The summed E-state index contributed by atoms with van der Waals surface area (Å²) in [6.45, 7) is 3.74. The fourth-order valence-corrected chi connectivity index (χ4v) is 1.39. The number of alkyl halides is 1. The third kappa shape index (κ3) is 2.88. The van der Waals surface area contributed by atoms with Crippen molar-refractivity contribution < 1.29 is 9.13 Å². The summed E-state index contributed by atoms with van der Waals surface area (Å²) in [5.41, 5.74) is 1.16. The average molecular weight is 217 g/mol. The van der Waals surface area contributed by atoms with Gasteiger partial charge in [-0.05, 0) is 23.6 Å². The largest absolute Gasteiger partial charge is 0.489 e. The molecule has 1 rings (SSSR count). The molecule has 3 heteroatoms. The number of rotatable bonds is 4. The zero-order valence-electron chi connectivity index (χ0n) is 8.39. The highest BCUT2D eigenvalue weighted by Crippen LogP contribution is 2.28. The maximum atomic E-state index is 11.8. The molecule has 14 heavy (non-hydrogen) atoms. The molecule has 0 aliphatic heterocycles. The second-order valence-electron chi connectivity index (χ2n) is 3.38. The van der Waals surface area contributed by atoms with Crippen molar-refractivity contribution in [3.05, 3.63) is 28.8 Å². The Morgan fingerprint density at radius 2 is 2.14 bits per heavy atom. The molecule has 1 nitrogen and oxygen atoms in total. The fourth-order valence-electron chi connectivity index (χ4n) is 1.14. The summed E-state index contributed by atoms with van der Waals surface area (Å²) in [7, 11) is 0. The van der Waals surface area contributed by atoms with Crippen molar-refractivity contribution in [1.29, 1.82) is 0 Å². The molecule has 0 amide bonds. The van der Waals surface area contributed by atoms with E-state index in [2.05, 4.69) is 13.8 Å². The first kappa shape index (κ1) is 11.3. The molecule has 1 aromatic carbocycles. The standard InChI is InChI=1S/C11H14ClFO/c1-8(2)9-3-4-11(10(12)7-9)14-6-5-13/h3-4,7-8H,5-6H2,1-2H3. The summed E-state index contributed by atoms with van der Waals surface area (Å²) in [6.07, 6.45) is 0. The van der Waals surface area contributed by atoms with E-state index in [1.165, 1.54) is 0 Å². The molecule has 0 aromatic heterocycles. The van der Waals surface area contributed by atoms with Crippen LogP contribution in [0.15, 0.2) is 18.2 Å². The first-order valence-corrected chi connectivity index (χ1v) is 5.01. The minimum absolute atomic E-state index is 0.0563. The minimum Gasteiger partial charge on any atom is -0.489 e. The van der Waals surface area contributed by atoms with Crippen LogP contribution in [0.5, 0.6) is 5.75 Å². The predicted octanol–water partition coefficient (Wildman–Crippen LogP) is 3.81. The highest BCUT2D eigenvalue weighted by molar-refractivity contribution is 6.32. The lowest BCUT2D eigenvalue weighted by atomic mass is 10.0. The van der Waals surface area contributed by atoms with Crippen molar-refractivity contribution in [2.45, 2.75) is 19.8 Å². The van der Waals surface area contributed by atoms with Crippen molar-refractivity contribution in [1.82, 2.24) is 0 Å². The van der Waals surface area contributed by atoms with E-state index >= 15 is 0 Å². The van der Waals surface area contributed by atoms with Gasteiger partial charge in [0, 0.05) is 0 Å². The lowest BCUT2D eigenvalue weighted by Crippen LogP contribution is -1.99. The van der Waals surface area contributed by atoms with Crippen molar-refractivity contribution in [2.24, 2.45) is 0 Å². The van der Waals surface area contributed by atoms with Gasteiger partial charge >= 0.3 is 0 Å². The van der Waals surface area contributed by atoms with Crippen molar-refractivity contribution in [3.8, 4) is 5.75 Å². The van der Waals surface area contributed by atoms with Crippen LogP contribution < -0.4 is 4.74 Å². The molecule has 0 spiro atoms. The second kappa shape index (κ2) is 5.20. The molecule has 0 N–H and O–H groups in total. The Hall–Kier alpha value is -0.760. The van der Waals surface area contributed by atoms with Gasteiger partial charge in [0.1, 0.15) is 19.0 Å². The van der Waals surface area contributed by atoms with Gasteiger partial charge in [-0.1, -0.05) is 31.5 Å². The Morgan fingerprint density at radius 1 is 1.43 bits per heavy atom. The monoisotopic (exact) mass is 216 g/mol. The third-order valence-corrected chi connectivity index (χ3v) is 2.25. The minimum atomic E-state index is -0.498. The van der Waals surface area contributed by atoms with Gasteiger partial charge in [-0.25, -0.2) is 4.39 Å². The van der Waals surface area contributed by atoms with E-state index < -0.39 is 6.67 Å². The topological polar surface area (TPSA) is 9.23 Å². The smallest absolute Gasteiger partial charge is 0.138 e. The molecule has 0 bridgehead atoms. The van der Waals surface area contributed by atoms with Crippen LogP contribution in [0.3, 0.4) is 0 Å². The van der Waals surface area contributed by atoms with Crippen LogP contribution in [0.25, 0.3) is 0 Å². The SMILES string of the molecule is CC(C)c1ccc(OCCF)c(Cl)c1. The maximum Gasteiger partial charge on any atom is 0.138 e. The van der Waals surface area contributed by atoms with Gasteiger partial charge in [-0.15, -0.1) is 0 Å². The lowest BCUT2D eigenvalue weighted by molar-refractivity contribution is 0.273. The average Bonchev–Trinajstić information content (AvgIpc) is 2.15. The molecular formula is C11H14ClFO. The Morgan fingerprint density at radius 3 is 2.64 bits per heavy atom. The van der Waals surface area contributed by atoms with E-state index in [9.17, 15) is 4.39 Å². The quantitative estimate of drug-likeness (QED) is 0.744. The van der Waals surface area contributed by atoms with Crippen LogP contribution in [-0.2, 0) is 0 Å². The van der Waals surface area contributed by atoms with E-state index in [4.69, 9.17) is 16.3 Å². The van der Waals surface area contributed by atoms with E-state index in [0.717, 1.165) is 5.56 Å². The van der Waals surface area contributed by atoms with Crippen LogP contribution in [-0.4, -0.2) is 13.3 Å². The molecule has 0 saturated heterocycles. The van der Waals surface area contributed by atoms with Gasteiger partial charge in [-0.3, -0.25) is 0 Å². The van der Waals surface area contributed by atoms with E-state index in [-0.39, 0.29) is 6.61 Å². The second-order valence-corrected chi connectivity index (χ2v) is 3.79. The number of halogens is 2. The van der Waals surface area contributed by atoms with Crippen molar-refractivity contribution in [2.75, 3.05) is 13.3 Å². The predicted molar refractivity (Wildman–Crippen MR) is 57.0 cm³/mol. The number of benzene rings is 1. The van der Waals surface area contributed by atoms with E-state index in [1.54, 1.807) is 6.07 Å². The first-order valence-electron chi connectivity index (χ1n) is 4.63. The zero-order valence-corrected chi connectivity index (χ0v) is 9.14. The molecule has 0 radical (unpaired) electrons. The summed E-state index contributed by atoms with van der Waals surface area (Å²) >= 11 is 5.96. The molecule has 0 fully saturated rings. The number of hydrogen-bond donors (Lipinski definition) is 0. The Labute approximate surface area is 88.8 Å². The van der Waals surface area contributed by atoms with Crippen LogP contribution in [0, 0.1) is 0 Å². The Balaban J connectivity index is 2.79. The summed E-state index contributed by atoms with van der Waals surface area (Å²) in [5, 5.41) is 0.546. The summed E-state index contributed by atoms with van der Waals surface area (Å²) in [6, 6.07) is 5.59. The molecule has 0 heterocycles. The van der Waals surface area contributed by atoms with Crippen molar-refractivity contribution in [3.63, 3.8) is 0 Å². The maximum absolute atomic E-state index is 11.8. The summed E-state index contributed by atoms with van der Waals surface area (Å²) in [4.78, 5) is 0. The highest BCUT2D eigenvalue weighted by Gasteiger charge is 2.05. The van der Waals surface area contributed by atoms with Gasteiger partial charge in [0.05, 0.1) is 5.02 Å². The van der Waals surface area contributed by atoms with E-state index in [0.29, 0.717) is 16.7 Å². The molecular weight excluding hydrogens is 203 g/mol. The van der Waals surface area contributed by atoms with Gasteiger partial charge in [0.15, 0.2) is 0 Å². The van der Waals surface area contributed by atoms with Gasteiger partial charge in [0.25, 0.3) is 0 Å². The van der Waals surface area contributed by atoms with Gasteiger partial charge in [-0.2, -0.15) is 0 Å². The lowest BCUT2D eigenvalue weighted by Gasteiger charge is -2.09. The van der Waals surface area contributed by atoms with E-state index in [1.807, 2.05) is 12.1 Å². The van der Waals surface area contributed by atoms with Crippen LogP contribution in [0.4, 0.5) is 4.39 Å². The van der Waals surface area contributed by atoms with Crippen LogP contribution in [0.1, 0.15) is 25.3 Å². The van der Waals surface area contributed by atoms with Crippen LogP contribution in [0.2, 0.25) is 5.02 Å². The zero-order chi connectivity index (χ0) is 10.6. The Bertz CT molecular complexity index is 299. The van der Waals surface area contributed by atoms with Gasteiger partial charge < -0.3 is 4.74 Å². The highest BCUT2D eigenvalue weighted by atomic mass is 35.5. The third-order valence-electron chi connectivity index (χ3n) is 1.96. The Kier molecular flexibility index (Phi) is 4.21. The summed E-state index contributed by atoms with van der Waals surface area (Å²) in [5.74, 6) is 0.983. The molecule has 0 aliphatic rings. The first-order chi connectivity index (χ1) is 6.65. The van der Waals surface area contributed by atoms with Crippen molar-refractivity contribution >= 4 is 11.6 Å². The number of hydrogen-bond acceptors (Lipinski definition) is 1. The number of ether oxygens (including phenoxy) is 1. The normalized spacial score (nSPS) is 10.6. The summed E-state index contributed by atoms with van der Waals surface area (Å²) < 4.78 is 17.0. The van der Waals surface area contributed by atoms with Gasteiger partial charge in [0.2, 0.25) is 0 Å². The molecule has 0 unspecified atom stereocenters. The molecule has 0 aliphatic carbocycles. The van der Waals surface area contributed by atoms with Crippen LogP contribution >= 0.6 is 11.6 Å². The molecule has 78 valence electrons. The molecule has 0 saturated carbocycles.